The van der Waals surface area contributed by atoms with E-state index < -0.39 is 31.0 Å². The Kier molecular flexibility index (Phi) is 5.36. The molecule has 24 heavy (non-hydrogen) atoms. The molecular formula is C15H22N2O5S2. The molecule has 1 unspecified atom stereocenters. The third-order valence-corrected chi connectivity index (χ3v) is 7.71. The Bertz CT molecular complexity index is 827. The number of hydrogen-bond donors (Lipinski definition) is 1. The maximum Gasteiger partial charge on any atom is 0.242 e. The van der Waals surface area contributed by atoms with Gasteiger partial charge in [-0.3, -0.25) is 4.79 Å². The van der Waals surface area contributed by atoms with Gasteiger partial charge in [0.05, 0.1) is 10.6 Å². The van der Waals surface area contributed by atoms with Crippen molar-refractivity contribution in [3.63, 3.8) is 0 Å². The van der Waals surface area contributed by atoms with Crippen LogP contribution in [0, 0.1) is 0 Å². The summed E-state index contributed by atoms with van der Waals surface area (Å²) < 4.78 is 50.2. The first-order valence-corrected chi connectivity index (χ1v) is 10.7. The van der Waals surface area contributed by atoms with Crippen molar-refractivity contribution in [1.29, 1.82) is 0 Å². The normalized spacial score (nSPS) is 16.8. The van der Waals surface area contributed by atoms with Crippen LogP contribution in [0.1, 0.15) is 25.3 Å². The number of sulfonamides is 1. The summed E-state index contributed by atoms with van der Waals surface area (Å²) >= 11 is 0. The van der Waals surface area contributed by atoms with Gasteiger partial charge in [-0.05, 0) is 37.5 Å². The Labute approximate surface area is 143 Å². The van der Waals surface area contributed by atoms with E-state index in [-0.39, 0.29) is 16.7 Å². The van der Waals surface area contributed by atoms with E-state index in [1.54, 1.807) is 0 Å². The summed E-state index contributed by atoms with van der Waals surface area (Å²) in [5.74, 6) is -0.891. The van der Waals surface area contributed by atoms with Gasteiger partial charge < -0.3 is 5.32 Å². The van der Waals surface area contributed by atoms with Crippen LogP contribution in [-0.2, 0) is 30.4 Å². The highest BCUT2D eigenvalue weighted by Crippen LogP contribution is 2.21. The lowest BCUT2D eigenvalue weighted by Crippen LogP contribution is -2.39. The minimum atomic E-state index is -3.73. The SMILES string of the molecule is CC(C(=O)NC1CC1)S(=O)(=O)Cc1cccc(S(=O)(=O)N(C)C)c1. The minimum absolute atomic E-state index is 0.0234. The number of carbonyl (C=O) groups excluding carboxylic acids is 1. The zero-order chi connectivity index (χ0) is 18.1. The van der Waals surface area contributed by atoms with Gasteiger partial charge in [0.1, 0.15) is 5.25 Å². The monoisotopic (exact) mass is 374 g/mol. The fraction of sp³-hybridized carbons (Fsp3) is 0.533. The topological polar surface area (TPSA) is 101 Å². The van der Waals surface area contributed by atoms with Crippen molar-refractivity contribution in [3.8, 4) is 0 Å². The number of sulfone groups is 1. The van der Waals surface area contributed by atoms with Gasteiger partial charge in [0.2, 0.25) is 15.9 Å². The van der Waals surface area contributed by atoms with E-state index in [9.17, 15) is 21.6 Å². The molecule has 1 saturated carbocycles. The molecule has 9 heteroatoms. The molecule has 134 valence electrons. The van der Waals surface area contributed by atoms with Crippen molar-refractivity contribution in [3.05, 3.63) is 29.8 Å². The van der Waals surface area contributed by atoms with Gasteiger partial charge in [0, 0.05) is 20.1 Å². The minimum Gasteiger partial charge on any atom is -0.352 e. The van der Waals surface area contributed by atoms with E-state index in [0.29, 0.717) is 5.56 Å². The Balaban J connectivity index is 2.19. The zero-order valence-corrected chi connectivity index (χ0v) is 15.5. The first-order valence-electron chi connectivity index (χ1n) is 7.57. The largest absolute Gasteiger partial charge is 0.352 e. The zero-order valence-electron chi connectivity index (χ0n) is 13.9. The summed E-state index contributed by atoms with van der Waals surface area (Å²) in [6, 6.07) is 5.87. The average Bonchev–Trinajstić information content (AvgIpc) is 3.29. The lowest BCUT2D eigenvalue weighted by Gasteiger charge is -2.15. The van der Waals surface area contributed by atoms with Crippen LogP contribution in [0.3, 0.4) is 0 Å². The third kappa shape index (κ3) is 4.34. The number of hydrogen-bond acceptors (Lipinski definition) is 5. The Morgan fingerprint density at radius 2 is 1.88 bits per heavy atom. The summed E-state index contributed by atoms with van der Waals surface area (Å²) in [5.41, 5.74) is 0.337. The van der Waals surface area contributed by atoms with Gasteiger partial charge in [-0.1, -0.05) is 12.1 Å². The predicted octanol–water partition coefficient (Wildman–Crippen LogP) is 0.519. The van der Waals surface area contributed by atoms with Crippen LogP contribution < -0.4 is 5.32 Å². The van der Waals surface area contributed by atoms with Crippen molar-refractivity contribution in [2.24, 2.45) is 0 Å². The Morgan fingerprint density at radius 3 is 2.42 bits per heavy atom. The van der Waals surface area contributed by atoms with Gasteiger partial charge in [-0.15, -0.1) is 0 Å². The molecule has 0 aliphatic heterocycles. The second kappa shape index (κ2) is 6.81. The molecule has 0 radical (unpaired) electrons. The lowest BCUT2D eigenvalue weighted by atomic mass is 10.2. The van der Waals surface area contributed by atoms with E-state index in [2.05, 4.69) is 5.32 Å². The number of nitrogens with zero attached hydrogens (tertiary/aromatic N) is 1. The highest BCUT2D eigenvalue weighted by Gasteiger charge is 2.32. The second-order valence-electron chi connectivity index (χ2n) is 6.17. The van der Waals surface area contributed by atoms with Crippen LogP contribution in [-0.4, -0.2) is 52.4 Å². The van der Waals surface area contributed by atoms with Gasteiger partial charge in [-0.25, -0.2) is 21.1 Å². The summed E-state index contributed by atoms with van der Waals surface area (Å²) in [6.45, 7) is 1.35. The molecule has 0 bridgehead atoms. The summed E-state index contributed by atoms with van der Waals surface area (Å²) in [7, 11) is -4.56. The number of carbonyl (C=O) groups is 1. The molecular weight excluding hydrogens is 352 g/mol. The molecule has 1 aliphatic rings. The van der Waals surface area contributed by atoms with Crippen molar-refractivity contribution >= 4 is 25.8 Å². The summed E-state index contributed by atoms with van der Waals surface area (Å²) in [4.78, 5) is 12.0. The predicted molar refractivity (Wildman–Crippen MR) is 90.6 cm³/mol. The van der Waals surface area contributed by atoms with Gasteiger partial charge in [-0.2, -0.15) is 0 Å². The van der Waals surface area contributed by atoms with Crippen molar-refractivity contribution in [2.75, 3.05) is 14.1 Å². The molecule has 1 atom stereocenters. The number of benzene rings is 1. The fourth-order valence-electron chi connectivity index (χ4n) is 2.07. The molecule has 0 heterocycles. The van der Waals surface area contributed by atoms with Crippen molar-refractivity contribution in [1.82, 2.24) is 9.62 Å². The second-order valence-corrected chi connectivity index (χ2v) is 10.6. The molecule has 1 aliphatic carbocycles. The van der Waals surface area contributed by atoms with E-state index >= 15 is 0 Å². The van der Waals surface area contributed by atoms with Crippen LogP contribution in [0.15, 0.2) is 29.2 Å². The standard InChI is InChI=1S/C15H22N2O5S2/c1-11(15(18)16-13-7-8-13)23(19,20)10-12-5-4-6-14(9-12)24(21,22)17(2)3/h4-6,9,11,13H,7-8,10H2,1-3H3,(H,16,18). The molecule has 1 fully saturated rings. The number of rotatable bonds is 7. The van der Waals surface area contributed by atoms with E-state index in [4.69, 9.17) is 0 Å². The van der Waals surface area contributed by atoms with Gasteiger partial charge in [0.25, 0.3) is 0 Å². The van der Waals surface area contributed by atoms with Crippen LogP contribution in [0.5, 0.6) is 0 Å². The summed E-state index contributed by atoms with van der Waals surface area (Å²) in [6.07, 6.45) is 1.76. The molecule has 1 N–H and O–H groups in total. The molecule has 1 amide bonds. The quantitative estimate of drug-likeness (QED) is 0.750. The van der Waals surface area contributed by atoms with Gasteiger partial charge >= 0.3 is 0 Å². The van der Waals surface area contributed by atoms with Crippen LogP contribution in [0.4, 0.5) is 0 Å². The molecule has 1 aromatic carbocycles. The Morgan fingerprint density at radius 1 is 1.25 bits per heavy atom. The highest BCUT2D eigenvalue weighted by atomic mass is 32.2. The first kappa shape index (κ1) is 18.9. The van der Waals surface area contributed by atoms with Crippen LogP contribution in [0.25, 0.3) is 0 Å². The number of nitrogens with one attached hydrogen (secondary N) is 1. The van der Waals surface area contributed by atoms with E-state index in [1.165, 1.54) is 45.3 Å². The van der Waals surface area contributed by atoms with Crippen molar-refractivity contribution in [2.45, 2.75) is 41.7 Å². The molecule has 0 spiro atoms. The Hall–Kier alpha value is -1.45. The molecule has 0 saturated heterocycles. The lowest BCUT2D eigenvalue weighted by molar-refractivity contribution is -0.120. The summed E-state index contributed by atoms with van der Waals surface area (Å²) in [5, 5.41) is 1.50. The first-order chi connectivity index (χ1) is 11.0. The highest BCUT2D eigenvalue weighted by molar-refractivity contribution is 7.92. The molecule has 0 aromatic heterocycles. The maximum absolute atomic E-state index is 12.4. The van der Waals surface area contributed by atoms with Crippen molar-refractivity contribution < 1.29 is 21.6 Å². The molecule has 2 rings (SSSR count). The third-order valence-electron chi connectivity index (χ3n) is 3.88. The van der Waals surface area contributed by atoms with E-state index in [1.807, 2.05) is 0 Å². The number of amides is 1. The van der Waals surface area contributed by atoms with Crippen LogP contribution >= 0.6 is 0 Å². The smallest absolute Gasteiger partial charge is 0.242 e. The molecule has 1 aromatic rings. The average molecular weight is 374 g/mol. The van der Waals surface area contributed by atoms with Gasteiger partial charge in [0.15, 0.2) is 9.84 Å². The van der Waals surface area contributed by atoms with E-state index in [0.717, 1.165) is 17.1 Å². The maximum atomic E-state index is 12.4. The fourth-order valence-corrected chi connectivity index (χ4v) is 4.33. The van der Waals surface area contributed by atoms with Crippen LogP contribution in [0.2, 0.25) is 0 Å². The molecule has 7 nitrogen and oxygen atoms in total.